The molecule has 4 nitrogen and oxygen atoms in total. The van der Waals surface area contributed by atoms with Crippen LogP contribution in [0.5, 0.6) is 0 Å². The second-order valence-corrected chi connectivity index (χ2v) is 5.78. The van der Waals surface area contributed by atoms with E-state index in [9.17, 15) is 4.79 Å². The van der Waals surface area contributed by atoms with Gasteiger partial charge in [-0.2, -0.15) is 0 Å². The monoisotopic (exact) mass is 328 g/mol. The first-order valence-corrected chi connectivity index (χ1v) is 7.63. The number of hydrogen-bond acceptors (Lipinski definition) is 3. The van der Waals surface area contributed by atoms with Crippen molar-refractivity contribution in [1.82, 2.24) is 5.32 Å². The Morgan fingerprint density at radius 1 is 1.27 bits per heavy atom. The summed E-state index contributed by atoms with van der Waals surface area (Å²) in [5.74, 6) is 0.119. The number of benzene rings is 1. The number of carbonyl (C=O) groups excluding carboxylic acids is 1. The van der Waals surface area contributed by atoms with Gasteiger partial charge in [0.05, 0.1) is 12.6 Å². The molecule has 2 unspecified atom stereocenters. The molecule has 0 heterocycles. The third-order valence-corrected chi connectivity index (χ3v) is 3.52. The normalized spacial score (nSPS) is 13.4. The van der Waals surface area contributed by atoms with Crippen LogP contribution in [0.2, 0.25) is 0 Å². The fourth-order valence-electron chi connectivity index (χ4n) is 2.33. The molecule has 0 bridgehead atoms. The van der Waals surface area contributed by atoms with Crippen LogP contribution in [0.25, 0.3) is 0 Å². The first-order valence-electron chi connectivity index (χ1n) is 7.63. The van der Waals surface area contributed by atoms with Crippen LogP contribution in [0, 0.1) is 5.92 Å². The Labute approximate surface area is 140 Å². The van der Waals surface area contributed by atoms with Gasteiger partial charge in [0.15, 0.2) is 0 Å². The number of ether oxygens (including phenoxy) is 1. The number of amides is 1. The highest BCUT2D eigenvalue weighted by Gasteiger charge is 2.21. The predicted octanol–water partition coefficient (Wildman–Crippen LogP) is 2.85. The smallest absolute Gasteiger partial charge is 0.239 e. The van der Waals surface area contributed by atoms with E-state index in [0.717, 1.165) is 18.4 Å². The van der Waals surface area contributed by atoms with Crippen molar-refractivity contribution in [3.8, 4) is 0 Å². The molecule has 126 valence electrons. The van der Waals surface area contributed by atoms with Crippen molar-refractivity contribution in [3.05, 3.63) is 35.4 Å². The molecule has 0 aromatic heterocycles. The van der Waals surface area contributed by atoms with Gasteiger partial charge in [-0.15, -0.1) is 12.4 Å². The van der Waals surface area contributed by atoms with E-state index in [2.05, 4.69) is 50.4 Å². The molecule has 0 saturated heterocycles. The Balaban J connectivity index is 0.00000441. The van der Waals surface area contributed by atoms with E-state index < -0.39 is 6.04 Å². The molecule has 0 radical (unpaired) electrons. The van der Waals surface area contributed by atoms with Crippen LogP contribution < -0.4 is 11.1 Å². The van der Waals surface area contributed by atoms with Gasteiger partial charge >= 0.3 is 0 Å². The van der Waals surface area contributed by atoms with Gasteiger partial charge in [-0.25, -0.2) is 0 Å². The summed E-state index contributed by atoms with van der Waals surface area (Å²) in [4.78, 5) is 12.1. The maximum Gasteiger partial charge on any atom is 0.239 e. The maximum atomic E-state index is 12.1. The van der Waals surface area contributed by atoms with Crippen molar-refractivity contribution in [2.24, 2.45) is 11.7 Å². The second kappa shape index (κ2) is 10.6. The van der Waals surface area contributed by atoms with Gasteiger partial charge in [0.25, 0.3) is 0 Å². The highest BCUT2D eigenvalue weighted by molar-refractivity contribution is 5.85. The molecule has 0 spiro atoms. The standard InChI is InChI=1S/C17H28N2O2.ClH/c1-5-6-13-7-9-14(10-8-13)16(12(2)3)19-17(20)15(18)11-21-4;/h7-10,12,15-16H,5-6,11,18H2,1-4H3,(H,19,20);1H. The van der Waals surface area contributed by atoms with Gasteiger partial charge in [-0.05, 0) is 23.5 Å². The molecule has 2 atom stereocenters. The first kappa shape index (κ1) is 20.9. The molecule has 1 rings (SSSR count). The SMILES string of the molecule is CCCc1ccc(C(NC(=O)C(N)COC)C(C)C)cc1.Cl. The molecule has 5 heteroatoms. The van der Waals surface area contributed by atoms with Crippen molar-refractivity contribution in [2.75, 3.05) is 13.7 Å². The van der Waals surface area contributed by atoms with Crippen LogP contribution in [0.15, 0.2) is 24.3 Å². The Hall–Kier alpha value is -1.10. The quantitative estimate of drug-likeness (QED) is 0.771. The molecule has 0 saturated carbocycles. The highest BCUT2D eigenvalue weighted by atomic mass is 35.5. The Kier molecular flexibility index (Phi) is 10.1. The molecule has 1 aromatic carbocycles. The van der Waals surface area contributed by atoms with Crippen molar-refractivity contribution < 1.29 is 9.53 Å². The van der Waals surface area contributed by atoms with Gasteiger partial charge in [0, 0.05) is 7.11 Å². The minimum atomic E-state index is -0.629. The third-order valence-electron chi connectivity index (χ3n) is 3.52. The van der Waals surface area contributed by atoms with Crippen LogP contribution in [0.3, 0.4) is 0 Å². The average Bonchev–Trinajstić information content (AvgIpc) is 2.46. The van der Waals surface area contributed by atoms with Crippen LogP contribution in [-0.2, 0) is 16.0 Å². The molecule has 22 heavy (non-hydrogen) atoms. The van der Waals surface area contributed by atoms with Crippen LogP contribution in [0.1, 0.15) is 44.4 Å². The molecular weight excluding hydrogens is 300 g/mol. The van der Waals surface area contributed by atoms with E-state index in [4.69, 9.17) is 10.5 Å². The Morgan fingerprint density at radius 2 is 1.86 bits per heavy atom. The molecular formula is C17H29ClN2O2. The van der Waals surface area contributed by atoms with E-state index in [-0.39, 0.29) is 31.0 Å². The number of rotatable bonds is 8. The van der Waals surface area contributed by atoms with Crippen LogP contribution >= 0.6 is 12.4 Å². The molecule has 0 fully saturated rings. The first-order chi connectivity index (χ1) is 9.99. The number of carbonyl (C=O) groups is 1. The lowest BCUT2D eigenvalue weighted by molar-refractivity contribution is -0.124. The van der Waals surface area contributed by atoms with E-state index in [1.165, 1.54) is 5.56 Å². The number of nitrogens with one attached hydrogen (secondary N) is 1. The lowest BCUT2D eigenvalue weighted by atomic mass is 9.94. The summed E-state index contributed by atoms with van der Waals surface area (Å²) in [6.45, 7) is 6.58. The zero-order chi connectivity index (χ0) is 15.8. The van der Waals surface area contributed by atoms with E-state index in [1.54, 1.807) is 7.11 Å². The summed E-state index contributed by atoms with van der Waals surface area (Å²) in [6, 6.07) is 7.80. The fraction of sp³-hybridized carbons (Fsp3) is 0.588. The topological polar surface area (TPSA) is 64.4 Å². The third kappa shape index (κ3) is 6.34. The predicted molar refractivity (Wildman–Crippen MR) is 93.3 cm³/mol. The molecule has 1 aromatic rings. The summed E-state index contributed by atoms with van der Waals surface area (Å²) in [5, 5.41) is 3.02. The number of hydrogen-bond donors (Lipinski definition) is 2. The maximum absolute atomic E-state index is 12.1. The van der Waals surface area contributed by atoms with Crippen LogP contribution in [-0.4, -0.2) is 25.7 Å². The van der Waals surface area contributed by atoms with Gasteiger partial charge in [-0.1, -0.05) is 51.5 Å². The molecule has 0 aliphatic carbocycles. The van der Waals surface area contributed by atoms with Crippen molar-refractivity contribution in [3.63, 3.8) is 0 Å². The Bertz CT molecular complexity index is 435. The minimum absolute atomic E-state index is 0. The zero-order valence-electron chi connectivity index (χ0n) is 14.0. The lowest BCUT2D eigenvalue weighted by Crippen LogP contribution is -2.45. The number of aryl methyl sites for hydroxylation is 1. The van der Waals surface area contributed by atoms with Crippen molar-refractivity contribution in [2.45, 2.75) is 45.7 Å². The molecule has 1 amide bonds. The van der Waals surface area contributed by atoms with E-state index >= 15 is 0 Å². The lowest BCUT2D eigenvalue weighted by Gasteiger charge is -2.24. The van der Waals surface area contributed by atoms with Crippen molar-refractivity contribution >= 4 is 18.3 Å². The largest absolute Gasteiger partial charge is 0.383 e. The summed E-state index contributed by atoms with van der Waals surface area (Å²) in [7, 11) is 1.54. The summed E-state index contributed by atoms with van der Waals surface area (Å²) in [6.07, 6.45) is 2.22. The highest BCUT2D eigenvalue weighted by Crippen LogP contribution is 2.22. The summed E-state index contributed by atoms with van der Waals surface area (Å²) in [5.41, 5.74) is 8.22. The average molecular weight is 329 g/mol. The second-order valence-electron chi connectivity index (χ2n) is 5.78. The summed E-state index contributed by atoms with van der Waals surface area (Å²) >= 11 is 0. The minimum Gasteiger partial charge on any atom is -0.383 e. The molecule has 3 N–H and O–H groups in total. The molecule has 0 aliphatic heterocycles. The van der Waals surface area contributed by atoms with Crippen LogP contribution in [0.4, 0.5) is 0 Å². The van der Waals surface area contributed by atoms with Crippen molar-refractivity contribution in [1.29, 1.82) is 0 Å². The Morgan fingerprint density at radius 3 is 2.32 bits per heavy atom. The van der Waals surface area contributed by atoms with E-state index in [1.807, 2.05) is 0 Å². The number of nitrogens with two attached hydrogens (primary N) is 1. The fourth-order valence-corrected chi connectivity index (χ4v) is 2.33. The van der Waals surface area contributed by atoms with Gasteiger partial charge in [0.1, 0.15) is 6.04 Å². The van der Waals surface area contributed by atoms with E-state index in [0.29, 0.717) is 5.92 Å². The number of halogens is 1. The molecule has 0 aliphatic rings. The zero-order valence-corrected chi connectivity index (χ0v) is 14.8. The van der Waals surface area contributed by atoms with Gasteiger partial charge < -0.3 is 15.8 Å². The van der Waals surface area contributed by atoms with Gasteiger partial charge in [-0.3, -0.25) is 4.79 Å². The number of methoxy groups -OCH3 is 1. The summed E-state index contributed by atoms with van der Waals surface area (Å²) < 4.78 is 4.93. The van der Waals surface area contributed by atoms with Gasteiger partial charge in [0.2, 0.25) is 5.91 Å².